The number of hydrogen-bond donors (Lipinski definition) is 0. The van der Waals surface area contributed by atoms with E-state index in [4.69, 9.17) is 0 Å². The van der Waals surface area contributed by atoms with Crippen LogP contribution in [0.25, 0.3) is 43.8 Å². The van der Waals surface area contributed by atoms with Gasteiger partial charge in [-0.2, -0.15) is 13.2 Å². The van der Waals surface area contributed by atoms with Crippen molar-refractivity contribution in [1.29, 1.82) is 0 Å². The third kappa shape index (κ3) is 3.70. The summed E-state index contributed by atoms with van der Waals surface area (Å²) in [5.74, 6) is -24.3. The molecule has 0 aliphatic rings. The van der Waals surface area contributed by atoms with E-state index in [9.17, 15) is 43.9 Å². The van der Waals surface area contributed by atoms with Crippen molar-refractivity contribution in [3.63, 3.8) is 0 Å². The van der Waals surface area contributed by atoms with Crippen LogP contribution in [0.3, 0.4) is 0 Å². The van der Waals surface area contributed by atoms with Crippen LogP contribution in [0.15, 0.2) is 42.5 Å². The lowest BCUT2D eigenvalue weighted by Crippen LogP contribution is -2.16. The molecule has 0 aliphatic carbocycles. The molecule has 0 bridgehead atoms. The van der Waals surface area contributed by atoms with Crippen LogP contribution in [0.5, 0.6) is 0 Å². The first-order valence-electron chi connectivity index (χ1n) is 10.8. The summed E-state index contributed by atoms with van der Waals surface area (Å²) in [5, 5.41) is -3.01. The van der Waals surface area contributed by atoms with Crippen molar-refractivity contribution < 1.29 is 57.1 Å². The first-order chi connectivity index (χ1) is 18.7. The second-order valence-electron chi connectivity index (χ2n) is 8.41. The number of halogens is 13. The van der Waals surface area contributed by atoms with Gasteiger partial charge in [-0.15, -0.1) is 0 Å². The lowest BCUT2D eigenvalue weighted by molar-refractivity contribution is -0.143. The quantitative estimate of drug-likeness (QED) is 0.0847. The normalized spacial score (nSPS) is 12.1. The molecule has 0 saturated carbocycles. The van der Waals surface area contributed by atoms with Crippen molar-refractivity contribution in [1.82, 2.24) is 0 Å². The number of fused-ring (bicyclic) bond motifs is 2. The maximum Gasteiger partial charge on any atom is 0.422 e. The fraction of sp³-hybridized carbons (Fsp3) is 0.0370. The fourth-order valence-electron chi connectivity index (χ4n) is 4.64. The Labute approximate surface area is 213 Å². The summed E-state index contributed by atoms with van der Waals surface area (Å²) in [7, 11) is 0. The molecule has 0 heterocycles. The van der Waals surface area contributed by atoms with Crippen molar-refractivity contribution >= 4 is 21.5 Å². The molecule has 5 aromatic carbocycles. The zero-order valence-corrected chi connectivity index (χ0v) is 19.0. The highest BCUT2D eigenvalue weighted by atomic mass is 19.4. The van der Waals surface area contributed by atoms with E-state index in [-0.39, 0.29) is 0 Å². The number of hydrogen-bond acceptors (Lipinski definition) is 0. The lowest BCUT2D eigenvalue weighted by atomic mass is 9.84. The summed E-state index contributed by atoms with van der Waals surface area (Å²) < 4.78 is 186. The van der Waals surface area contributed by atoms with E-state index in [1.807, 2.05) is 0 Å². The highest BCUT2D eigenvalue weighted by Crippen LogP contribution is 2.49. The molecule has 5 rings (SSSR count). The topological polar surface area (TPSA) is 0 Å². The molecular formula is C27H7F13. The molecule has 0 radical (unpaired) electrons. The van der Waals surface area contributed by atoms with Gasteiger partial charge in [-0.3, -0.25) is 0 Å². The maximum absolute atomic E-state index is 15.3. The number of rotatable bonds is 2. The summed E-state index contributed by atoms with van der Waals surface area (Å²) in [5.41, 5.74) is -8.23. The summed E-state index contributed by atoms with van der Waals surface area (Å²) in [4.78, 5) is 0. The Morgan fingerprint density at radius 2 is 0.775 bits per heavy atom. The molecule has 0 unspecified atom stereocenters. The molecule has 0 nitrogen and oxygen atoms in total. The minimum atomic E-state index is -5.89. The molecule has 40 heavy (non-hydrogen) atoms. The van der Waals surface area contributed by atoms with E-state index in [1.54, 1.807) is 0 Å². The molecule has 0 atom stereocenters. The van der Waals surface area contributed by atoms with Gasteiger partial charge in [-0.05, 0) is 22.2 Å². The van der Waals surface area contributed by atoms with Gasteiger partial charge in [0.2, 0.25) is 5.82 Å². The number of benzene rings is 5. The van der Waals surface area contributed by atoms with E-state index >= 15 is 13.2 Å². The Bertz CT molecular complexity index is 1830. The van der Waals surface area contributed by atoms with E-state index in [0.717, 1.165) is 36.4 Å². The van der Waals surface area contributed by atoms with Gasteiger partial charge >= 0.3 is 6.18 Å². The van der Waals surface area contributed by atoms with Gasteiger partial charge in [0.25, 0.3) is 0 Å². The van der Waals surface area contributed by atoms with Crippen LogP contribution in [0.1, 0.15) is 5.56 Å². The molecule has 0 spiro atoms. The number of alkyl halides is 3. The Balaban J connectivity index is 2.08. The Morgan fingerprint density at radius 1 is 0.375 bits per heavy atom. The van der Waals surface area contributed by atoms with Crippen LogP contribution in [0.2, 0.25) is 0 Å². The van der Waals surface area contributed by atoms with Crippen molar-refractivity contribution in [3.8, 4) is 22.3 Å². The van der Waals surface area contributed by atoms with E-state index in [0.29, 0.717) is 6.07 Å². The molecule has 0 aromatic heterocycles. The molecular weight excluding hydrogens is 571 g/mol. The van der Waals surface area contributed by atoms with Crippen molar-refractivity contribution in [3.05, 3.63) is 106 Å². The molecule has 0 aliphatic heterocycles. The van der Waals surface area contributed by atoms with Gasteiger partial charge in [0.1, 0.15) is 11.4 Å². The van der Waals surface area contributed by atoms with Crippen LogP contribution in [0, 0.1) is 58.2 Å². The van der Waals surface area contributed by atoms with Crippen LogP contribution < -0.4 is 0 Å². The van der Waals surface area contributed by atoms with Crippen molar-refractivity contribution in [2.75, 3.05) is 0 Å². The van der Waals surface area contributed by atoms with Crippen LogP contribution in [0.4, 0.5) is 57.1 Å². The third-order valence-electron chi connectivity index (χ3n) is 6.26. The van der Waals surface area contributed by atoms with Gasteiger partial charge in [-0.1, -0.05) is 36.4 Å². The predicted octanol–water partition coefficient (Wildman–Crippen LogP) is 9.74. The average molecular weight is 578 g/mol. The largest absolute Gasteiger partial charge is 0.422 e. The maximum atomic E-state index is 15.3. The Hall–Kier alpha value is -4.29. The minimum absolute atomic E-state index is 0.557. The SMILES string of the molecule is Fc1c(F)c(F)c(-c2c3ccccc3c(-c3c(F)c(F)c(C(F)(F)F)c(F)c3F)c3c(F)cccc23)c(F)c1F. The Kier molecular flexibility index (Phi) is 6.23. The molecule has 0 fully saturated rings. The van der Waals surface area contributed by atoms with E-state index < -0.39 is 114 Å². The fourth-order valence-corrected chi connectivity index (χ4v) is 4.64. The standard InChI is InChI=1S/C27H7F13/c28-11-7-3-6-10-12(15-20(31)24(35)26(37)25(36)21(15)32)8-4-1-2-5-9(8)14(13(10)11)16-18(29)22(33)17(27(38,39)40)23(34)19(16)30/h1-7H. The zero-order chi connectivity index (χ0) is 29.4. The molecule has 0 amide bonds. The van der Waals surface area contributed by atoms with E-state index in [2.05, 4.69) is 0 Å². The minimum Gasteiger partial charge on any atom is -0.206 e. The first-order valence-corrected chi connectivity index (χ1v) is 10.8. The van der Waals surface area contributed by atoms with Gasteiger partial charge in [-0.25, -0.2) is 43.9 Å². The van der Waals surface area contributed by atoms with Crippen molar-refractivity contribution in [2.24, 2.45) is 0 Å². The second kappa shape index (κ2) is 9.14. The van der Waals surface area contributed by atoms with Gasteiger partial charge in [0.05, 0.1) is 11.1 Å². The molecule has 5 aromatic rings. The highest BCUT2D eigenvalue weighted by Gasteiger charge is 2.43. The average Bonchev–Trinajstić information content (AvgIpc) is 2.90. The Morgan fingerprint density at radius 3 is 1.27 bits per heavy atom. The van der Waals surface area contributed by atoms with E-state index in [1.165, 1.54) is 0 Å². The summed E-state index contributed by atoms with van der Waals surface area (Å²) >= 11 is 0. The summed E-state index contributed by atoms with van der Waals surface area (Å²) in [6.45, 7) is 0. The second-order valence-corrected chi connectivity index (χ2v) is 8.41. The smallest absolute Gasteiger partial charge is 0.206 e. The summed E-state index contributed by atoms with van der Waals surface area (Å²) in [6, 6.07) is 6.40. The molecule has 0 saturated heterocycles. The first kappa shape index (κ1) is 27.3. The molecule has 0 N–H and O–H groups in total. The molecule has 206 valence electrons. The van der Waals surface area contributed by atoms with Crippen LogP contribution >= 0.6 is 0 Å². The predicted molar refractivity (Wildman–Crippen MR) is 117 cm³/mol. The van der Waals surface area contributed by atoms with Gasteiger partial charge in [0.15, 0.2) is 46.5 Å². The van der Waals surface area contributed by atoms with Crippen LogP contribution in [-0.4, -0.2) is 0 Å². The van der Waals surface area contributed by atoms with Gasteiger partial charge in [0, 0.05) is 16.5 Å². The monoisotopic (exact) mass is 578 g/mol. The van der Waals surface area contributed by atoms with Crippen molar-refractivity contribution in [2.45, 2.75) is 6.18 Å². The third-order valence-corrected chi connectivity index (χ3v) is 6.26. The lowest BCUT2D eigenvalue weighted by Gasteiger charge is -2.21. The van der Waals surface area contributed by atoms with Crippen LogP contribution in [-0.2, 0) is 6.18 Å². The summed E-state index contributed by atoms with van der Waals surface area (Å²) in [6.07, 6.45) is -5.89. The molecule has 13 heteroatoms. The van der Waals surface area contributed by atoms with Gasteiger partial charge < -0.3 is 0 Å². The highest BCUT2D eigenvalue weighted by molar-refractivity contribution is 6.21. The zero-order valence-electron chi connectivity index (χ0n) is 19.0.